The highest BCUT2D eigenvalue weighted by atomic mass is 16.5. The maximum Gasteiger partial charge on any atom is 0.247 e. The van der Waals surface area contributed by atoms with E-state index in [2.05, 4.69) is 160 Å². The molecular formula is C48H30BN3O. The van der Waals surface area contributed by atoms with E-state index in [0.717, 1.165) is 28.6 Å². The van der Waals surface area contributed by atoms with Crippen LogP contribution in [0.1, 0.15) is 11.5 Å². The van der Waals surface area contributed by atoms with Gasteiger partial charge in [0.25, 0.3) is 0 Å². The van der Waals surface area contributed by atoms with E-state index in [4.69, 9.17) is 4.74 Å². The molecule has 0 radical (unpaired) electrons. The fourth-order valence-electron chi connectivity index (χ4n) is 10.3. The van der Waals surface area contributed by atoms with Crippen molar-refractivity contribution < 1.29 is 4.74 Å². The van der Waals surface area contributed by atoms with Crippen molar-refractivity contribution in [1.82, 2.24) is 4.57 Å². The van der Waals surface area contributed by atoms with Crippen molar-refractivity contribution in [2.24, 2.45) is 0 Å². The predicted octanol–water partition coefficient (Wildman–Crippen LogP) is 10.6. The van der Waals surface area contributed by atoms with Gasteiger partial charge in [0.15, 0.2) is 11.5 Å². The highest BCUT2D eigenvalue weighted by Crippen LogP contribution is 2.54. The van der Waals surface area contributed by atoms with Gasteiger partial charge in [0.2, 0.25) is 6.71 Å². The Labute approximate surface area is 307 Å². The molecule has 0 N–H and O–H groups in total. The summed E-state index contributed by atoms with van der Waals surface area (Å²) in [7, 11) is 0. The predicted molar refractivity (Wildman–Crippen MR) is 218 cm³/mol. The lowest BCUT2D eigenvalue weighted by atomic mass is 9.31. The maximum absolute atomic E-state index is 6.32. The number of benzene rings is 7. The zero-order chi connectivity index (χ0) is 34.4. The lowest BCUT2D eigenvalue weighted by Gasteiger charge is -2.45. The van der Waals surface area contributed by atoms with Crippen LogP contribution >= 0.6 is 0 Å². The zero-order valence-corrected chi connectivity index (χ0v) is 28.6. The minimum atomic E-state index is 0.182. The maximum atomic E-state index is 6.32. The lowest BCUT2D eigenvalue weighted by molar-refractivity contribution is 0.477. The number of aromatic nitrogens is 1. The number of para-hydroxylation sites is 7. The Morgan fingerprint density at radius 2 is 1.26 bits per heavy atom. The van der Waals surface area contributed by atoms with Crippen LogP contribution in [-0.4, -0.2) is 17.3 Å². The standard InChI is InChI=1S/C48H30BN3O/c1-3-17-38-32(11-1)34-13-9-15-36-47(34)51(38)42-27-30(28-43-46(42)49(36)37-16-10-14-35-33-12-2-4-18-39(33)52(43)48(35)37)29-23-25-31(26-24-29)50-40-19-5-7-21-44(40)53-45-22-8-6-20-41(45)50/h1-28,34,47H. The average Bonchev–Trinajstić information content (AvgIpc) is 3.74. The first kappa shape index (κ1) is 27.9. The highest BCUT2D eigenvalue weighted by molar-refractivity contribution is 6.95. The summed E-state index contributed by atoms with van der Waals surface area (Å²) in [5.74, 6) is 2.04. The summed E-state index contributed by atoms with van der Waals surface area (Å²) >= 11 is 0. The molecule has 0 fully saturated rings. The molecular weight excluding hydrogens is 645 g/mol. The molecule has 5 aliphatic rings. The van der Waals surface area contributed by atoms with E-state index in [9.17, 15) is 0 Å². The van der Waals surface area contributed by atoms with Crippen molar-refractivity contribution >= 4 is 67.9 Å². The van der Waals surface area contributed by atoms with Crippen LogP contribution in [0, 0.1) is 0 Å². The van der Waals surface area contributed by atoms with E-state index >= 15 is 0 Å². The van der Waals surface area contributed by atoms with E-state index in [1.54, 1.807) is 0 Å². The second-order valence-electron chi connectivity index (χ2n) is 14.8. The molecule has 1 aromatic heterocycles. The Balaban J connectivity index is 1.06. The van der Waals surface area contributed by atoms with Crippen LogP contribution in [0.2, 0.25) is 0 Å². The Bertz CT molecular complexity index is 2930. The first-order valence-electron chi connectivity index (χ1n) is 18.6. The van der Waals surface area contributed by atoms with E-state index < -0.39 is 0 Å². The molecule has 4 aliphatic heterocycles. The molecule has 0 amide bonds. The second-order valence-corrected chi connectivity index (χ2v) is 14.8. The van der Waals surface area contributed by atoms with Gasteiger partial charge in [-0.25, -0.2) is 0 Å². The molecule has 2 unspecified atom stereocenters. The summed E-state index contributed by atoms with van der Waals surface area (Å²) in [6.45, 7) is 0.182. The van der Waals surface area contributed by atoms with Crippen molar-refractivity contribution in [2.75, 3.05) is 9.80 Å². The SMILES string of the molecule is C1=CC2c3ccccc3N3c4cc(-c5ccc(N6c7ccccc7Oc7ccccc76)cc5)cc5c4B(C(=C1)C23)c1cccc2c3ccccc3n-5c12. The van der Waals surface area contributed by atoms with Gasteiger partial charge in [-0.1, -0.05) is 115 Å². The van der Waals surface area contributed by atoms with Gasteiger partial charge in [-0.3, -0.25) is 0 Å². The topological polar surface area (TPSA) is 20.6 Å². The van der Waals surface area contributed by atoms with Crippen LogP contribution in [0.15, 0.2) is 175 Å². The lowest BCUT2D eigenvalue weighted by Crippen LogP contribution is -2.59. The number of hydrogen-bond donors (Lipinski definition) is 0. The van der Waals surface area contributed by atoms with E-state index in [0.29, 0.717) is 5.92 Å². The summed E-state index contributed by atoms with van der Waals surface area (Å²) in [6.07, 6.45) is 7.15. The normalized spacial score (nSPS) is 17.9. The first-order valence-corrected chi connectivity index (χ1v) is 18.6. The molecule has 4 nitrogen and oxygen atoms in total. The summed E-state index contributed by atoms with van der Waals surface area (Å²) in [4.78, 5) is 4.98. The van der Waals surface area contributed by atoms with E-state index in [1.165, 1.54) is 72.0 Å². The Morgan fingerprint density at radius 1 is 0.566 bits per heavy atom. The van der Waals surface area contributed by atoms with E-state index in [-0.39, 0.29) is 12.8 Å². The van der Waals surface area contributed by atoms with Crippen molar-refractivity contribution in [3.05, 3.63) is 181 Å². The molecule has 0 saturated carbocycles. The molecule has 8 aromatic rings. The number of fused-ring (bicyclic) bond motifs is 12. The molecule has 5 heterocycles. The van der Waals surface area contributed by atoms with Crippen LogP contribution in [0.25, 0.3) is 38.6 Å². The number of allylic oxidation sites excluding steroid dienone is 2. The number of rotatable bonds is 2. The molecule has 7 aromatic carbocycles. The third-order valence-electron chi connectivity index (χ3n) is 12.3. The largest absolute Gasteiger partial charge is 0.453 e. The Kier molecular flexibility index (Phi) is 5.27. The number of nitrogens with zero attached hydrogens (tertiary/aromatic N) is 3. The van der Waals surface area contributed by atoms with Gasteiger partial charge in [0.1, 0.15) is 0 Å². The molecule has 13 rings (SSSR count). The summed E-state index contributed by atoms with van der Waals surface area (Å²) in [5.41, 5.74) is 17.8. The third kappa shape index (κ3) is 3.52. The van der Waals surface area contributed by atoms with E-state index in [1.807, 2.05) is 24.3 Å². The molecule has 0 saturated heterocycles. The van der Waals surface area contributed by atoms with Gasteiger partial charge in [-0.2, -0.15) is 0 Å². The van der Waals surface area contributed by atoms with Gasteiger partial charge in [0, 0.05) is 45.0 Å². The Morgan fingerprint density at radius 3 is 2.09 bits per heavy atom. The zero-order valence-electron chi connectivity index (χ0n) is 28.6. The molecule has 53 heavy (non-hydrogen) atoms. The smallest absolute Gasteiger partial charge is 0.247 e. The van der Waals surface area contributed by atoms with Gasteiger partial charge >= 0.3 is 0 Å². The monoisotopic (exact) mass is 675 g/mol. The summed E-state index contributed by atoms with van der Waals surface area (Å²) in [5, 5.41) is 2.63. The molecule has 1 aliphatic carbocycles. The summed E-state index contributed by atoms with van der Waals surface area (Å²) < 4.78 is 8.88. The van der Waals surface area contributed by atoms with Crippen molar-refractivity contribution in [3.63, 3.8) is 0 Å². The summed E-state index contributed by atoms with van der Waals surface area (Å²) in [6, 6.07) is 55.8. The van der Waals surface area contributed by atoms with Gasteiger partial charge < -0.3 is 19.1 Å². The van der Waals surface area contributed by atoms with Crippen molar-refractivity contribution in [1.29, 1.82) is 0 Å². The van der Waals surface area contributed by atoms with Gasteiger partial charge in [0.05, 0.1) is 22.9 Å². The molecule has 0 bridgehead atoms. The van der Waals surface area contributed by atoms with Crippen LogP contribution in [0.4, 0.5) is 28.4 Å². The minimum Gasteiger partial charge on any atom is -0.453 e. The minimum absolute atomic E-state index is 0.182. The molecule has 2 atom stereocenters. The molecule has 246 valence electrons. The third-order valence-corrected chi connectivity index (χ3v) is 12.3. The van der Waals surface area contributed by atoms with Crippen LogP contribution < -0.4 is 25.5 Å². The average molecular weight is 676 g/mol. The number of ether oxygens (including phenoxy) is 1. The van der Waals surface area contributed by atoms with Crippen LogP contribution in [0.3, 0.4) is 0 Å². The van der Waals surface area contributed by atoms with Gasteiger partial charge in [-0.05, 0) is 88.3 Å². The molecule has 0 spiro atoms. The number of anilines is 5. The van der Waals surface area contributed by atoms with Crippen LogP contribution in [0.5, 0.6) is 11.5 Å². The fourth-order valence-corrected chi connectivity index (χ4v) is 10.3. The highest BCUT2D eigenvalue weighted by Gasteiger charge is 2.51. The second kappa shape index (κ2) is 9.99. The Hall–Kier alpha value is -6.72. The molecule has 5 heteroatoms. The fraction of sp³-hybridized carbons (Fsp3) is 0.0417. The van der Waals surface area contributed by atoms with Crippen molar-refractivity contribution in [2.45, 2.75) is 12.0 Å². The number of hydrogen-bond acceptors (Lipinski definition) is 3. The van der Waals surface area contributed by atoms with Gasteiger partial charge in [-0.15, -0.1) is 0 Å². The quantitative estimate of drug-likeness (QED) is 0.170. The van der Waals surface area contributed by atoms with Crippen molar-refractivity contribution in [3.8, 4) is 28.3 Å². The van der Waals surface area contributed by atoms with Crippen LogP contribution in [-0.2, 0) is 0 Å². The first-order chi connectivity index (χ1) is 26.3.